The fourth-order valence-electron chi connectivity index (χ4n) is 6.47. The zero-order valence-electron chi connectivity index (χ0n) is 28.0. The number of carbonyl (C=O) groups is 2. The van der Waals surface area contributed by atoms with E-state index in [1.54, 1.807) is 0 Å². The molecule has 0 bridgehead atoms. The molecular weight excluding hydrogens is 588 g/mol. The highest BCUT2D eigenvalue weighted by Crippen LogP contribution is 2.42. The molecule has 0 fully saturated rings. The summed E-state index contributed by atoms with van der Waals surface area (Å²) in [5, 5.41) is 0. The molecule has 0 heterocycles. The monoisotopic (exact) mass is 628 g/mol. The summed E-state index contributed by atoms with van der Waals surface area (Å²) in [6, 6.07) is 45.8. The molecule has 0 saturated heterocycles. The van der Waals surface area contributed by atoms with E-state index in [0.717, 1.165) is 59.3 Å². The van der Waals surface area contributed by atoms with E-state index >= 15 is 0 Å². The van der Waals surface area contributed by atoms with Crippen molar-refractivity contribution in [3.63, 3.8) is 0 Å². The minimum absolute atomic E-state index is 0.655. The van der Waals surface area contributed by atoms with Gasteiger partial charge in [0.05, 0.1) is 11.4 Å². The zero-order chi connectivity index (χ0) is 33.6. The highest BCUT2D eigenvalue weighted by Gasteiger charge is 2.20. The highest BCUT2D eigenvalue weighted by molar-refractivity contribution is 5.85. The van der Waals surface area contributed by atoms with E-state index in [2.05, 4.69) is 122 Å². The summed E-state index contributed by atoms with van der Waals surface area (Å²) >= 11 is 0. The van der Waals surface area contributed by atoms with E-state index in [0.29, 0.717) is 11.1 Å². The number of aldehydes is 2. The van der Waals surface area contributed by atoms with Gasteiger partial charge in [-0.2, -0.15) is 0 Å². The van der Waals surface area contributed by atoms with Gasteiger partial charge in [0.15, 0.2) is 0 Å². The summed E-state index contributed by atoms with van der Waals surface area (Å²) in [6.07, 6.45) is 3.58. The Morgan fingerprint density at radius 3 is 1.04 bits per heavy atom. The number of rotatable bonds is 11. The van der Waals surface area contributed by atoms with Crippen LogP contribution in [-0.4, -0.2) is 12.6 Å². The van der Waals surface area contributed by atoms with Crippen molar-refractivity contribution in [3.05, 3.63) is 167 Å². The number of nitrogens with zero attached hydrogens (tertiary/aromatic N) is 2. The van der Waals surface area contributed by atoms with Crippen molar-refractivity contribution in [1.82, 2.24) is 0 Å². The Labute approximate surface area is 283 Å². The molecule has 0 amide bonds. The van der Waals surface area contributed by atoms with Crippen molar-refractivity contribution in [1.29, 1.82) is 0 Å². The first kappa shape index (κ1) is 32.2. The lowest BCUT2D eigenvalue weighted by atomic mass is 10.0. The van der Waals surface area contributed by atoms with Crippen molar-refractivity contribution in [3.8, 4) is 11.1 Å². The third-order valence-corrected chi connectivity index (χ3v) is 9.01. The predicted molar refractivity (Wildman–Crippen MR) is 200 cm³/mol. The Balaban J connectivity index is 1.38. The Hall–Kier alpha value is -5.74. The van der Waals surface area contributed by atoms with Crippen molar-refractivity contribution < 1.29 is 9.59 Å². The second-order valence-corrected chi connectivity index (χ2v) is 12.1. The van der Waals surface area contributed by atoms with Crippen LogP contribution in [0.1, 0.15) is 56.8 Å². The summed E-state index contributed by atoms with van der Waals surface area (Å²) in [7, 11) is 0. The fourth-order valence-corrected chi connectivity index (χ4v) is 6.47. The zero-order valence-corrected chi connectivity index (χ0v) is 28.0. The van der Waals surface area contributed by atoms with Gasteiger partial charge >= 0.3 is 0 Å². The Kier molecular flexibility index (Phi) is 9.63. The maximum Gasteiger partial charge on any atom is 0.150 e. The van der Waals surface area contributed by atoms with Gasteiger partial charge in [-0.05, 0) is 133 Å². The van der Waals surface area contributed by atoms with Crippen LogP contribution in [0.5, 0.6) is 0 Å². The first-order valence-corrected chi connectivity index (χ1v) is 16.5. The molecule has 6 rings (SSSR count). The van der Waals surface area contributed by atoms with Gasteiger partial charge in [-0.1, -0.05) is 74.5 Å². The Bertz CT molecular complexity index is 1880. The predicted octanol–water partition coefficient (Wildman–Crippen LogP) is 11.7. The van der Waals surface area contributed by atoms with Gasteiger partial charge in [0.2, 0.25) is 0 Å². The summed E-state index contributed by atoms with van der Waals surface area (Å²) < 4.78 is 0. The number of anilines is 6. The maximum atomic E-state index is 11.4. The molecule has 4 heteroatoms. The van der Waals surface area contributed by atoms with Gasteiger partial charge in [0.1, 0.15) is 12.6 Å². The van der Waals surface area contributed by atoms with E-state index in [1.165, 1.54) is 33.6 Å². The van der Waals surface area contributed by atoms with Crippen LogP contribution < -0.4 is 9.80 Å². The number of aryl methyl sites for hydroxylation is 4. The van der Waals surface area contributed by atoms with Gasteiger partial charge in [-0.25, -0.2) is 0 Å². The van der Waals surface area contributed by atoms with E-state index in [-0.39, 0.29) is 0 Å². The lowest BCUT2D eigenvalue weighted by Gasteiger charge is -2.30. The van der Waals surface area contributed by atoms with Crippen LogP contribution in [0, 0.1) is 13.8 Å². The highest BCUT2D eigenvalue weighted by atomic mass is 16.1. The molecule has 6 aromatic rings. The van der Waals surface area contributed by atoms with Crippen LogP contribution >= 0.6 is 0 Å². The molecule has 48 heavy (non-hydrogen) atoms. The molecule has 0 saturated carbocycles. The molecule has 0 aliphatic carbocycles. The number of benzene rings is 6. The molecule has 0 aliphatic rings. The average molecular weight is 629 g/mol. The smallest absolute Gasteiger partial charge is 0.150 e. The fraction of sp³-hybridized carbons (Fsp3) is 0.136. The summed E-state index contributed by atoms with van der Waals surface area (Å²) in [4.78, 5) is 27.4. The molecule has 0 radical (unpaired) electrons. The van der Waals surface area contributed by atoms with Crippen molar-refractivity contribution in [2.75, 3.05) is 9.80 Å². The standard InChI is InChI=1S/C44H40N2O2/c1-5-35-11-7-9-31(3)43(35)45(39-21-13-33(29-47)14-22-39)41-25-17-37(18-26-41)38-19-27-42(28-20-38)46(40-23-15-34(30-48)16-24-40)44-32(4)10-8-12-36(44)6-2/h7-30H,5-6H2,1-4H3. The lowest BCUT2D eigenvalue weighted by Crippen LogP contribution is -2.14. The van der Waals surface area contributed by atoms with Gasteiger partial charge in [0, 0.05) is 33.9 Å². The lowest BCUT2D eigenvalue weighted by molar-refractivity contribution is 0.111. The summed E-state index contributed by atoms with van der Waals surface area (Å²) in [6.45, 7) is 8.67. The molecule has 0 spiro atoms. The van der Waals surface area contributed by atoms with Crippen LogP contribution in [0.15, 0.2) is 133 Å². The number of para-hydroxylation sites is 2. The number of hydrogen-bond acceptors (Lipinski definition) is 4. The first-order chi connectivity index (χ1) is 23.4. The molecule has 0 atom stereocenters. The van der Waals surface area contributed by atoms with E-state index < -0.39 is 0 Å². The minimum Gasteiger partial charge on any atom is -0.310 e. The second-order valence-electron chi connectivity index (χ2n) is 12.1. The van der Waals surface area contributed by atoms with Crippen LogP contribution in [0.3, 0.4) is 0 Å². The molecule has 0 N–H and O–H groups in total. The Morgan fingerprint density at radius 1 is 0.438 bits per heavy atom. The van der Waals surface area contributed by atoms with Crippen molar-refractivity contribution >= 4 is 46.7 Å². The van der Waals surface area contributed by atoms with Gasteiger partial charge < -0.3 is 9.80 Å². The first-order valence-electron chi connectivity index (χ1n) is 16.5. The van der Waals surface area contributed by atoms with E-state index in [1.807, 2.05) is 48.5 Å². The number of hydrogen-bond donors (Lipinski definition) is 0. The van der Waals surface area contributed by atoms with Gasteiger partial charge in [0.25, 0.3) is 0 Å². The minimum atomic E-state index is 0.655. The third kappa shape index (κ3) is 6.43. The van der Waals surface area contributed by atoms with E-state index in [9.17, 15) is 9.59 Å². The maximum absolute atomic E-state index is 11.4. The van der Waals surface area contributed by atoms with Crippen molar-refractivity contribution in [2.45, 2.75) is 40.5 Å². The van der Waals surface area contributed by atoms with E-state index in [4.69, 9.17) is 0 Å². The molecule has 6 aromatic carbocycles. The van der Waals surface area contributed by atoms with Gasteiger partial charge in [-0.15, -0.1) is 0 Å². The Morgan fingerprint density at radius 2 is 0.750 bits per heavy atom. The quantitative estimate of drug-likeness (QED) is 0.134. The normalized spacial score (nSPS) is 10.8. The van der Waals surface area contributed by atoms with Crippen LogP contribution in [0.4, 0.5) is 34.1 Å². The van der Waals surface area contributed by atoms with Crippen molar-refractivity contribution in [2.24, 2.45) is 0 Å². The molecule has 0 unspecified atom stereocenters. The molecule has 238 valence electrons. The molecular formula is C44H40N2O2. The topological polar surface area (TPSA) is 40.6 Å². The molecule has 0 aromatic heterocycles. The average Bonchev–Trinajstić information content (AvgIpc) is 3.14. The molecule has 0 aliphatic heterocycles. The number of carbonyl (C=O) groups excluding carboxylic acids is 2. The third-order valence-electron chi connectivity index (χ3n) is 9.01. The second kappa shape index (κ2) is 14.4. The largest absolute Gasteiger partial charge is 0.310 e. The van der Waals surface area contributed by atoms with Gasteiger partial charge in [-0.3, -0.25) is 9.59 Å². The van der Waals surface area contributed by atoms with Crippen LogP contribution in [0.25, 0.3) is 11.1 Å². The SMILES string of the molecule is CCc1cccc(C)c1N(c1ccc(C=O)cc1)c1ccc(-c2ccc(N(c3ccc(C=O)cc3)c3c(C)cccc3CC)cc2)cc1. The summed E-state index contributed by atoms with van der Waals surface area (Å²) in [5.74, 6) is 0. The molecule has 4 nitrogen and oxygen atoms in total. The van der Waals surface area contributed by atoms with Crippen LogP contribution in [-0.2, 0) is 12.8 Å². The van der Waals surface area contributed by atoms with Crippen LogP contribution in [0.2, 0.25) is 0 Å². The summed E-state index contributed by atoms with van der Waals surface area (Å²) in [5.41, 5.74) is 14.9.